The summed E-state index contributed by atoms with van der Waals surface area (Å²) < 4.78 is 33.5. The summed E-state index contributed by atoms with van der Waals surface area (Å²) in [5, 5.41) is 3.41. The normalized spacial score (nSPS) is 17.9. The second-order valence-electron chi connectivity index (χ2n) is 11.5. The molecule has 2 aliphatic rings. The minimum absolute atomic E-state index is 0.00110. The minimum atomic E-state index is -3.81. The SMILES string of the molecule is CC(C)(C)OC(=O)N1CCN=C1c1ccc(CCNCC(=O)CC[C@@H]2CCCN2S(=O)(=O)c2cccc(Cl)c2Cl)cc1. The lowest BCUT2D eigenvalue weighted by Crippen LogP contribution is -2.39. The Morgan fingerprint density at radius 2 is 1.83 bits per heavy atom. The zero-order chi connectivity index (χ0) is 30.5. The van der Waals surface area contributed by atoms with Gasteiger partial charge in [-0.2, -0.15) is 4.31 Å². The van der Waals surface area contributed by atoms with Crippen molar-refractivity contribution in [1.82, 2.24) is 14.5 Å². The first kappa shape index (κ1) is 32.4. The molecule has 0 radical (unpaired) electrons. The highest BCUT2D eigenvalue weighted by molar-refractivity contribution is 7.89. The number of nitrogens with one attached hydrogen (secondary N) is 1. The summed E-state index contributed by atoms with van der Waals surface area (Å²) in [7, 11) is -3.81. The molecule has 0 aliphatic carbocycles. The van der Waals surface area contributed by atoms with Crippen molar-refractivity contribution in [2.45, 2.75) is 69.4 Å². The number of amides is 1. The molecule has 1 saturated heterocycles. The highest BCUT2D eigenvalue weighted by Crippen LogP contribution is 2.35. The standard InChI is InChI=1S/C30H38Cl2N4O5S/c1-30(2,3)41-29(38)35-19-17-34-28(35)22-11-9-21(10-12-22)15-16-33-20-24(37)14-13-23-6-5-18-36(23)42(39,40)26-8-4-7-25(31)27(26)32/h4,7-12,23,33H,5-6,13-20H2,1-3H3/t23-/m0/s1. The summed E-state index contributed by atoms with van der Waals surface area (Å²) >= 11 is 12.2. The quantitative estimate of drug-likeness (QED) is 0.334. The van der Waals surface area contributed by atoms with Crippen LogP contribution < -0.4 is 5.32 Å². The lowest BCUT2D eigenvalue weighted by atomic mass is 10.1. The van der Waals surface area contributed by atoms with Gasteiger partial charge in [0, 0.05) is 24.6 Å². The Morgan fingerprint density at radius 1 is 1.10 bits per heavy atom. The fraction of sp³-hybridized carbons (Fsp3) is 0.500. The van der Waals surface area contributed by atoms with E-state index >= 15 is 0 Å². The molecule has 42 heavy (non-hydrogen) atoms. The van der Waals surface area contributed by atoms with E-state index in [2.05, 4.69) is 10.3 Å². The molecule has 228 valence electrons. The van der Waals surface area contributed by atoms with Crippen LogP contribution in [0.2, 0.25) is 10.0 Å². The molecule has 1 atom stereocenters. The van der Waals surface area contributed by atoms with Gasteiger partial charge in [-0.15, -0.1) is 0 Å². The molecular formula is C30H38Cl2N4O5S. The second-order valence-corrected chi connectivity index (χ2v) is 14.1. The number of ketones is 1. The van der Waals surface area contributed by atoms with Crippen molar-refractivity contribution in [3.8, 4) is 0 Å². The molecule has 2 heterocycles. The molecule has 9 nitrogen and oxygen atoms in total. The van der Waals surface area contributed by atoms with E-state index in [0.29, 0.717) is 44.9 Å². The highest BCUT2D eigenvalue weighted by atomic mass is 35.5. The Hall–Kier alpha value is -2.50. The van der Waals surface area contributed by atoms with E-state index in [4.69, 9.17) is 27.9 Å². The predicted molar refractivity (Wildman–Crippen MR) is 165 cm³/mol. The van der Waals surface area contributed by atoms with Crippen molar-refractivity contribution < 1.29 is 22.7 Å². The van der Waals surface area contributed by atoms with Crippen LogP contribution in [-0.4, -0.2) is 79.7 Å². The van der Waals surface area contributed by atoms with Crippen LogP contribution >= 0.6 is 23.2 Å². The lowest BCUT2D eigenvalue weighted by molar-refractivity contribution is -0.118. The second kappa shape index (κ2) is 13.9. The third-order valence-electron chi connectivity index (χ3n) is 7.16. The van der Waals surface area contributed by atoms with Crippen molar-refractivity contribution in [3.05, 3.63) is 63.6 Å². The maximum Gasteiger partial charge on any atom is 0.416 e. The maximum atomic E-state index is 13.3. The predicted octanol–water partition coefficient (Wildman–Crippen LogP) is 5.33. The third-order valence-corrected chi connectivity index (χ3v) is 10.1. The van der Waals surface area contributed by atoms with Crippen LogP contribution in [0.4, 0.5) is 4.79 Å². The van der Waals surface area contributed by atoms with Crippen molar-refractivity contribution in [1.29, 1.82) is 0 Å². The van der Waals surface area contributed by atoms with Crippen molar-refractivity contribution in [2.24, 2.45) is 4.99 Å². The smallest absolute Gasteiger partial charge is 0.416 e. The fourth-order valence-corrected chi connectivity index (χ4v) is 7.57. The summed E-state index contributed by atoms with van der Waals surface area (Å²) in [5.74, 6) is 0.653. The van der Waals surface area contributed by atoms with Crippen molar-refractivity contribution >= 4 is 50.9 Å². The average Bonchev–Trinajstić information content (AvgIpc) is 3.61. The molecule has 0 saturated carbocycles. The molecule has 1 fully saturated rings. The van der Waals surface area contributed by atoms with Gasteiger partial charge in [0.05, 0.1) is 29.7 Å². The van der Waals surface area contributed by atoms with Crippen LogP contribution in [0.5, 0.6) is 0 Å². The number of hydrogen-bond donors (Lipinski definition) is 1. The monoisotopic (exact) mass is 636 g/mol. The number of ether oxygens (including phenoxy) is 1. The molecule has 1 amide bonds. The number of carbonyl (C=O) groups is 2. The number of nitrogens with zero attached hydrogens (tertiary/aromatic N) is 3. The first-order valence-electron chi connectivity index (χ1n) is 14.2. The van der Waals surface area contributed by atoms with Crippen LogP contribution in [-0.2, 0) is 26.0 Å². The van der Waals surface area contributed by atoms with Crippen molar-refractivity contribution in [3.63, 3.8) is 0 Å². The first-order valence-corrected chi connectivity index (χ1v) is 16.4. The van der Waals surface area contributed by atoms with Gasteiger partial charge in [0.1, 0.15) is 22.1 Å². The summed E-state index contributed by atoms with van der Waals surface area (Å²) in [6.07, 6.45) is 2.52. The summed E-state index contributed by atoms with van der Waals surface area (Å²) in [6.45, 7) is 7.79. The number of amidine groups is 1. The van der Waals surface area contributed by atoms with Gasteiger partial charge in [-0.1, -0.05) is 53.5 Å². The van der Waals surface area contributed by atoms with E-state index in [-0.39, 0.29) is 39.7 Å². The summed E-state index contributed by atoms with van der Waals surface area (Å²) in [5.41, 5.74) is 1.37. The molecule has 0 bridgehead atoms. The minimum Gasteiger partial charge on any atom is -0.443 e. The molecule has 12 heteroatoms. The largest absolute Gasteiger partial charge is 0.443 e. The zero-order valence-electron chi connectivity index (χ0n) is 24.2. The average molecular weight is 638 g/mol. The van der Waals surface area contributed by atoms with Gasteiger partial charge in [-0.25, -0.2) is 13.2 Å². The van der Waals surface area contributed by atoms with E-state index in [1.54, 1.807) is 17.0 Å². The van der Waals surface area contributed by atoms with Gasteiger partial charge in [-0.3, -0.25) is 14.7 Å². The molecule has 1 N–H and O–H groups in total. The topological polar surface area (TPSA) is 108 Å². The van der Waals surface area contributed by atoms with Crippen LogP contribution in [0.15, 0.2) is 52.4 Å². The Kier molecular flexibility index (Phi) is 10.7. The first-order chi connectivity index (χ1) is 19.9. The van der Waals surface area contributed by atoms with E-state index in [9.17, 15) is 18.0 Å². The summed E-state index contributed by atoms with van der Waals surface area (Å²) in [6, 6.07) is 12.2. The maximum absolute atomic E-state index is 13.3. The Morgan fingerprint density at radius 3 is 2.55 bits per heavy atom. The Bertz CT molecular complexity index is 1420. The highest BCUT2D eigenvalue weighted by Gasteiger charge is 2.36. The van der Waals surface area contributed by atoms with Gasteiger partial charge < -0.3 is 10.1 Å². The lowest BCUT2D eigenvalue weighted by Gasteiger charge is -2.25. The number of rotatable bonds is 11. The third kappa shape index (κ3) is 8.11. The zero-order valence-corrected chi connectivity index (χ0v) is 26.6. The van der Waals surface area contributed by atoms with Gasteiger partial charge in [0.25, 0.3) is 0 Å². The molecule has 2 aromatic carbocycles. The molecule has 2 aliphatic heterocycles. The number of benzene rings is 2. The van der Waals surface area contributed by atoms with Crippen LogP contribution in [0.25, 0.3) is 0 Å². The Labute approximate surface area is 258 Å². The Balaban J connectivity index is 1.21. The fourth-order valence-electron chi connectivity index (χ4n) is 5.11. The van der Waals surface area contributed by atoms with E-state index in [0.717, 1.165) is 24.0 Å². The molecule has 0 spiro atoms. The molecule has 0 unspecified atom stereocenters. The van der Waals surface area contributed by atoms with Crippen LogP contribution in [0.1, 0.15) is 57.6 Å². The van der Waals surface area contributed by atoms with Crippen LogP contribution in [0.3, 0.4) is 0 Å². The number of halogens is 2. The van der Waals surface area contributed by atoms with E-state index in [1.807, 2.05) is 45.0 Å². The molecular weight excluding hydrogens is 599 g/mol. The number of sulfonamides is 1. The molecule has 2 aromatic rings. The number of aliphatic imine (C=N–C) groups is 1. The molecule has 0 aromatic heterocycles. The van der Waals surface area contributed by atoms with Crippen molar-refractivity contribution in [2.75, 3.05) is 32.7 Å². The van der Waals surface area contributed by atoms with Gasteiger partial charge in [-0.05, 0) is 70.7 Å². The van der Waals surface area contributed by atoms with E-state index < -0.39 is 21.7 Å². The van der Waals surface area contributed by atoms with E-state index in [1.165, 1.54) is 10.4 Å². The summed E-state index contributed by atoms with van der Waals surface area (Å²) in [4.78, 5) is 31.2. The van der Waals surface area contributed by atoms with Gasteiger partial charge in [0.15, 0.2) is 0 Å². The van der Waals surface area contributed by atoms with Crippen LogP contribution in [0, 0.1) is 0 Å². The number of hydrogen-bond acceptors (Lipinski definition) is 7. The van der Waals surface area contributed by atoms with Gasteiger partial charge >= 0.3 is 6.09 Å². The number of Topliss-reactive ketones (excluding diaryl/α,β-unsaturated/α-hetero) is 1. The molecule has 4 rings (SSSR count). The number of carbonyl (C=O) groups excluding carboxylic acids is 2. The van der Waals surface area contributed by atoms with Gasteiger partial charge in [0.2, 0.25) is 10.0 Å².